The van der Waals surface area contributed by atoms with E-state index in [-0.39, 0.29) is 5.82 Å². The fraction of sp³-hybridized carbons (Fsp3) is 0.462. The van der Waals surface area contributed by atoms with Gasteiger partial charge in [-0.3, -0.25) is 4.99 Å². The summed E-state index contributed by atoms with van der Waals surface area (Å²) in [5.74, 6) is 0.379. The summed E-state index contributed by atoms with van der Waals surface area (Å²) in [6.45, 7) is 8.34. The van der Waals surface area contributed by atoms with Crippen LogP contribution in [-0.4, -0.2) is 5.84 Å². The first-order valence-electron chi connectivity index (χ1n) is 5.67. The molecule has 3 heteroatoms. The van der Waals surface area contributed by atoms with Crippen LogP contribution in [0.15, 0.2) is 23.2 Å². The molecule has 0 amide bonds. The second kappa shape index (κ2) is 7.85. The first-order chi connectivity index (χ1) is 7.63. The van der Waals surface area contributed by atoms with Crippen molar-refractivity contribution in [2.45, 2.75) is 40.7 Å². The molecule has 0 radical (unpaired) electrons. The highest BCUT2D eigenvalue weighted by molar-refractivity contribution is 5.79. The minimum Gasteiger partial charge on any atom is -0.387 e. The molecule has 0 aliphatic carbocycles. The summed E-state index contributed by atoms with van der Waals surface area (Å²) in [4.78, 5) is 4.14. The summed E-state index contributed by atoms with van der Waals surface area (Å²) in [6.07, 6.45) is 0.731. The molecule has 1 aromatic rings. The Labute approximate surface area is 97.4 Å². The normalized spacial score (nSPS) is 10.7. The van der Waals surface area contributed by atoms with Crippen molar-refractivity contribution in [2.24, 2.45) is 10.7 Å². The van der Waals surface area contributed by atoms with E-state index in [1.807, 2.05) is 27.7 Å². The van der Waals surface area contributed by atoms with Crippen LogP contribution in [0, 0.1) is 12.7 Å². The predicted octanol–water partition coefficient (Wildman–Crippen LogP) is 3.43. The Morgan fingerprint density at radius 3 is 2.56 bits per heavy atom. The van der Waals surface area contributed by atoms with E-state index in [4.69, 9.17) is 5.73 Å². The van der Waals surface area contributed by atoms with Gasteiger partial charge in [-0.25, -0.2) is 4.39 Å². The van der Waals surface area contributed by atoms with Crippen LogP contribution < -0.4 is 5.73 Å². The van der Waals surface area contributed by atoms with E-state index < -0.39 is 0 Å². The van der Waals surface area contributed by atoms with Crippen LogP contribution in [0.1, 0.15) is 38.3 Å². The summed E-state index contributed by atoms with van der Waals surface area (Å²) < 4.78 is 12.9. The van der Waals surface area contributed by atoms with Gasteiger partial charge in [0.1, 0.15) is 5.82 Å². The number of nitrogens with two attached hydrogens (primary N) is 1. The number of hydrogen-bond donors (Lipinski definition) is 1. The van der Waals surface area contributed by atoms with Gasteiger partial charge < -0.3 is 5.73 Å². The van der Waals surface area contributed by atoms with Gasteiger partial charge >= 0.3 is 0 Å². The van der Waals surface area contributed by atoms with Crippen molar-refractivity contribution in [1.82, 2.24) is 0 Å². The maximum atomic E-state index is 12.9. The van der Waals surface area contributed by atoms with Crippen LogP contribution in [0.4, 0.5) is 4.39 Å². The Hall–Kier alpha value is -1.38. The van der Waals surface area contributed by atoms with Crippen LogP contribution in [0.5, 0.6) is 0 Å². The summed E-state index contributed by atoms with van der Waals surface area (Å²) >= 11 is 0. The van der Waals surface area contributed by atoms with E-state index >= 15 is 0 Å². The molecule has 90 valence electrons. The van der Waals surface area contributed by atoms with Gasteiger partial charge in [0.25, 0.3) is 0 Å². The van der Waals surface area contributed by atoms with Crippen LogP contribution in [0.3, 0.4) is 0 Å². The summed E-state index contributed by atoms with van der Waals surface area (Å²) in [5.41, 5.74) is 7.50. The topological polar surface area (TPSA) is 38.4 Å². The zero-order valence-corrected chi connectivity index (χ0v) is 10.5. The quantitative estimate of drug-likeness (QED) is 0.620. The molecular formula is C13H21FN2. The van der Waals surface area contributed by atoms with Crippen molar-refractivity contribution in [3.05, 3.63) is 35.1 Å². The van der Waals surface area contributed by atoms with Crippen LogP contribution >= 0.6 is 0 Å². The van der Waals surface area contributed by atoms with E-state index in [1.54, 1.807) is 6.07 Å². The number of aryl methyl sites for hydroxylation is 1. The Morgan fingerprint density at radius 1 is 1.38 bits per heavy atom. The molecule has 2 nitrogen and oxygen atoms in total. The number of nitrogens with zero attached hydrogens (tertiary/aromatic N) is 1. The SMILES string of the molecule is CC.CCC(N)=NCc1cc(F)ccc1C. The molecule has 0 aliphatic heterocycles. The zero-order chi connectivity index (χ0) is 12.6. The molecule has 2 N–H and O–H groups in total. The van der Waals surface area contributed by atoms with Gasteiger partial charge in [-0.2, -0.15) is 0 Å². The van der Waals surface area contributed by atoms with Gasteiger partial charge in [-0.1, -0.05) is 26.8 Å². The molecule has 0 saturated heterocycles. The van der Waals surface area contributed by atoms with Crippen molar-refractivity contribution < 1.29 is 4.39 Å². The maximum absolute atomic E-state index is 12.9. The van der Waals surface area contributed by atoms with Gasteiger partial charge in [0, 0.05) is 6.42 Å². The minimum atomic E-state index is -0.226. The number of aliphatic imine (C=N–C) groups is 1. The largest absolute Gasteiger partial charge is 0.387 e. The van der Waals surface area contributed by atoms with E-state index in [1.165, 1.54) is 12.1 Å². The van der Waals surface area contributed by atoms with Crippen molar-refractivity contribution in [3.8, 4) is 0 Å². The predicted molar refractivity (Wildman–Crippen MR) is 68.1 cm³/mol. The Kier molecular flexibility index (Phi) is 7.18. The third-order valence-corrected chi connectivity index (χ3v) is 2.13. The maximum Gasteiger partial charge on any atom is 0.123 e. The average molecular weight is 224 g/mol. The number of benzene rings is 1. The van der Waals surface area contributed by atoms with Gasteiger partial charge in [0.15, 0.2) is 0 Å². The van der Waals surface area contributed by atoms with Crippen LogP contribution in [0.25, 0.3) is 0 Å². The summed E-state index contributed by atoms with van der Waals surface area (Å²) in [6, 6.07) is 4.70. The Balaban J connectivity index is 0.00000106. The van der Waals surface area contributed by atoms with Crippen molar-refractivity contribution in [1.29, 1.82) is 0 Å². The molecule has 0 bridgehead atoms. The summed E-state index contributed by atoms with van der Waals surface area (Å²) in [5, 5.41) is 0. The standard InChI is InChI=1S/C11H15FN2.C2H6/c1-3-11(13)14-7-9-6-10(12)5-4-8(9)2;1-2/h4-6H,3,7H2,1-2H3,(H2,13,14);1-2H3. The molecular weight excluding hydrogens is 203 g/mol. The van der Waals surface area contributed by atoms with Crippen molar-refractivity contribution >= 4 is 5.84 Å². The molecule has 0 fully saturated rings. The Bertz CT molecular complexity index is 346. The number of rotatable bonds is 3. The number of halogens is 1. The number of amidine groups is 1. The van der Waals surface area contributed by atoms with Crippen LogP contribution in [0.2, 0.25) is 0 Å². The second-order valence-electron chi connectivity index (χ2n) is 3.23. The third kappa shape index (κ3) is 4.91. The van der Waals surface area contributed by atoms with E-state index in [2.05, 4.69) is 4.99 Å². The lowest BCUT2D eigenvalue weighted by Gasteiger charge is -2.03. The Morgan fingerprint density at radius 2 is 2.00 bits per heavy atom. The lowest BCUT2D eigenvalue weighted by Crippen LogP contribution is -2.09. The first kappa shape index (κ1) is 14.6. The second-order valence-corrected chi connectivity index (χ2v) is 3.23. The van der Waals surface area contributed by atoms with Crippen LogP contribution in [-0.2, 0) is 6.54 Å². The highest BCUT2D eigenvalue weighted by Crippen LogP contribution is 2.11. The van der Waals surface area contributed by atoms with Gasteiger partial charge in [-0.05, 0) is 30.2 Å². The molecule has 16 heavy (non-hydrogen) atoms. The van der Waals surface area contributed by atoms with Gasteiger partial charge in [0.2, 0.25) is 0 Å². The minimum absolute atomic E-state index is 0.226. The van der Waals surface area contributed by atoms with E-state index in [0.29, 0.717) is 12.4 Å². The fourth-order valence-electron chi connectivity index (χ4n) is 1.11. The van der Waals surface area contributed by atoms with Crippen molar-refractivity contribution in [2.75, 3.05) is 0 Å². The number of hydrogen-bond acceptors (Lipinski definition) is 1. The first-order valence-corrected chi connectivity index (χ1v) is 5.67. The molecule has 1 rings (SSSR count). The lowest BCUT2D eigenvalue weighted by molar-refractivity contribution is 0.625. The molecule has 0 unspecified atom stereocenters. The lowest BCUT2D eigenvalue weighted by atomic mass is 10.1. The smallest absolute Gasteiger partial charge is 0.123 e. The fourth-order valence-corrected chi connectivity index (χ4v) is 1.11. The van der Waals surface area contributed by atoms with E-state index in [9.17, 15) is 4.39 Å². The summed E-state index contributed by atoms with van der Waals surface area (Å²) in [7, 11) is 0. The highest BCUT2D eigenvalue weighted by atomic mass is 19.1. The zero-order valence-electron chi connectivity index (χ0n) is 10.5. The molecule has 0 saturated carbocycles. The molecule has 0 spiro atoms. The molecule has 0 heterocycles. The third-order valence-electron chi connectivity index (χ3n) is 2.13. The van der Waals surface area contributed by atoms with Gasteiger partial charge in [-0.15, -0.1) is 0 Å². The highest BCUT2D eigenvalue weighted by Gasteiger charge is 1.99. The average Bonchev–Trinajstić information content (AvgIpc) is 2.32. The molecule has 0 aromatic heterocycles. The molecule has 0 aliphatic rings. The molecule has 0 atom stereocenters. The monoisotopic (exact) mass is 224 g/mol. The molecule has 1 aromatic carbocycles. The van der Waals surface area contributed by atoms with Gasteiger partial charge in [0.05, 0.1) is 12.4 Å². The van der Waals surface area contributed by atoms with E-state index in [0.717, 1.165) is 17.5 Å². The van der Waals surface area contributed by atoms with Crippen molar-refractivity contribution in [3.63, 3.8) is 0 Å².